The van der Waals surface area contributed by atoms with E-state index in [-0.39, 0.29) is 11.7 Å². The van der Waals surface area contributed by atoms with Gasteiger partial charge in [0.2, 0.25) is 5.91 Å². The molecular weight excluding hydrogens is 390 g/mol. The van der Waals surface area contributed by atoms with Crippen LogP contribution in [0.15, 0.2) is 42.5 Å². The van der Waals surface area contributed by atoms with Crippen molar-refractivity contribution >= 4 is 17.4 Å². The maximum atomic E-state index is 12.7. The molecule has 2 saturated heterocycles. The van der Waals surface area contributed by atoms with Gasteiger partial charge in [-0.15, -0.1) is 0 Å². The number of nitrogens with zero attached hydrogens (tertiary/aromatic N) is 3. The summed E-state index contributed by atoms with van der Waals surface area (Å²) in [5.41, 5.74) is 4.27. The summed E-state index contributed by atoms with van der Waals surface area (Å²) in [5.74, 6) is 1.35. The van der Waals surface area contributed by atoms with Crippen LogP contribution in [0.5, 0.6) is 5.75 Å². The Morgan fingerprint density at radius 1 is 0.903 bits per heavy atom. The molecule has 0 unspecified atom stereocenters. The molecule has 31 heavy (non-hydrogen) atoms. The highest BCUT2D eigenvalue weighted by molar-refractivity contribution is 5.99. The minimum absolute atomic E-state index is 0.145. The van der Waals surface area contributed by atoms with E-state index in [1.165, 1.54) is 11.1 Å². The van der Waals surface area contributed by atoms with Crippen LogP contribution in [0.2, 0.25) is 0 Å². The predicted molar refractivity (Wildman–Crippen MR) is 120 cm³/mol. The standard InChI is InChI=1S/C25H29N3O3/c29-23(20-4-6-22(7-5-20)28-10-1-2-25(28)30)18-27-13-11-26(12-14-27)17-19-3-8-24-21(16-19)9-15-31-24/h3-8,16H,1-2,9-15,17-18H2. The van der Waals surface area contributed by atoms with Gasteiger partial charge in [0.05, 0.1) is 13.2 Å². The lowest BCUT2D eigenvalue weighted by molar-refractivity contribution is -0.117. The van der Waals surface area contributed by atoms with Crippen LogP contribution < -0.4 is 9.64 Å². The Hall–Kier alpha value is -2.70. The summed E-state index contributed by atoms with van der Waals surface area (Å²) in [4.78, 5) is 31.1. The van der Waals surface area contributed by atoms with Crippen molar-refractivity contribution in [2.75, 3.05) is 50.8 Å². The van der Waals surface area contributed by atoms with E-state index in [0.29, 0.717) is 13.0 Å². The molecule has 3 heterocycles. The van der Waals surface area contributed by atoms with Crippen LogP contribution in [0.4, 0.5) is 5.69 Å². The zero-order valence-corrected chi connectivity index (χ0v) is 17.9. The van der Waals surface area contributed by atoms with Crippen LogP contribution in [-0.4, -0.2) is 67.4 Å². The maximum Gasteiger partial charge on any atom is 0.227 e. The van der Waals surface area contributed by atoms with E-state index in [4.69, 9.17) is 4.74 Å². The Kier molecular flexibility index (Phi) is 5.74. The quantitative estimate of drug-likeness (QED) is 0.674. The van der Waals surface area contributed by atoms with Crippen molar-refractivity contribution in [3.8, 4) is 5.75 Å². The molecule has 0 bridgehead atoms. The summed E-state index contributed by atoms with van der Waals surface area (Å²) in [5, 5.41) is 0. The number of ether oxygens (including phenoxy) is 1. The first-order valence-electron chi connectivity index (χ1n) is 11.3. The monoisotopic (exact) mass is 419 g/mol. The molecule has 1 amide bonds. The molecule has 6 nitrogen and oxygen atoms in total. The molecule has 2 aromatic carbocycles. The lowest BCUT2D eigenvalue weighted by Crippen LogP contribution is -2.47. The Morgan fingerprint density at radius 2 is 1.68 bits per heavy atom. The molecule has 0 aromatic heterocycles. The average molecular weight is 420 g/mol. The summed E-state index contributed by atoms with van der Waals surface area (Å²) in [6.45, 7) is 6.71. The van der Waals surface area contributed by atoms with Crippen molar-refractivity contribution in [2.45, 2.75) is 25.8 Å². The van der Waals surface area contributed by atoms with Crippen molar-refractivity contribution in [3.63, 3.8) is 0 Å². The highest BCUT2D eigenvalue weighted by atomic mass is 16.5. The van der Waals surface area contributed by atoms with Crippen LogP contribution >= 0.6 is 0 Å². The smallest absolute Gasteiger partial charge is 0.227 e. The molecular formula is C25H29N3O3. The number of hydrogen-bond donors (Lipinski definition) is 0. The highest BCUT2D eigenvalue weighted by Gasteiger charge is 2.23. The molecule has 0 N–H and O–H groups in total. The van der Waals surface area contributed by atoms with Crippen LogP contribution in [0.1, 0.15) is 34.3 Å². The largest absolute Gasteiger partial charge is 0.493 e. The summed E-state index contributed by atoms with van der Waals surface area (Å²) < 4.78 is 5.60. The molecule has 5 rings (SSSR count). The van der Waals surface area contributed by atoms with E-state index in [1.54, 1.807) is 0 Å². The summed E-state index contributed by atoms with van der Waals surface area (Å²) in [6, 6.07) is 14.1. The number of Topliss-reactive ketones (excluding diaryl/α,β-unsaturated/α-hetero) is 1. The van der Waals surface area contributed by atoms with Crippen LogP contribution in [0, 0.1) is 0 Å². The molecule has 3 aliphatic rings. The number of carbonyl (C=O) groups excluding carboxylic acids is 2. The van der Waals surface area contributed by atoms with Gasteiger partial charge in [-0.05, 0) is 47.9 Å². The fraction of sp³-hybridized carbons (Fsp3) is 0.440. The van der Waals surface area contributed by atoms with Crippen molar-refractivity contribution in [3.05, 3.63) is 59.2 Å². The van der Waals surface area contributed by atoms with Crippen LogP contribution in [0.25, 0.3) is 0 Å². The van der Waals surface area contributed by atoms with Gasteiger partial charge in [0.25, 0.3) is 0 Å². The number of piperazine rings is 1. The van der Waals surface area contributed by atoms with Gasteiger partial charge in [-0.1, -0.05) is 12.1 Å². The molecule has 0 spiro atoms. The second-order valence-corrected chi connectivity index (χ2v) is 8.71. The van der Waals surface area contributed by atoms with Gasteiger partial charge in [-0.3, -0.25) is 19.4 Å². The lowest BCUT2D eigenvalue weighted by atomic mass is 10.1. The van der Waals surface area contributed by atoms with Crippen LogP contribution in [0.3, 0.4) is 0 Å². The Bertz CT molecular complexity index is 964. The summed E-state index contributed by atoms with van der Waals surface area (Å²) >= 11 is 0. The Labute approximate surface area is 183 Å². The third-order valence-electron chi connectivity index (χ3n) is 6.57. The summed E-state index contributed by atoms with van der Waals surface area (Å²) in [6.07, 6.45) is 2.54. The van der Waals surface area contributed by atoms with Crippen molar-refractivity contribution in [2.24, 2.45) is 0 Å². The molecule has 2 fully saturated rings. The van der Waals surface area contributed by atoms with Gasteiger partial charge in [0.15, 0.2) is 5.78 Å². The first kappa shape index (κ1) is 20.2. The maximum absolute atomic E-state index is 12.7. The van der Waals surface area contributed by atoms with Gasteiger partial charge >= 0.3 is 0 Å². The molecule has 6 heteroatoms. The van der Waals surface area contributed by atoms with Gasteiger partial charge in [-0.25, -0.2) is 0 Å². The number of ketones is 1. The van der Waals surface area contributed by atoms with E-state index in [1.807, 2.05) is 29.2 Å². The Morgan fingerprint density at radius 3 is 2.42 bits per heavy atom. The van der Waals surface area contributed by atoms with E-state index in [9.17, 15) is 9.59 Å². The number of amides is 1. The SMILES string of the molecule is O=C(CN1CCN(Cc2ccc3c(c2)CCO3)CC1)c1ccc(N2CCCC2=O)cc1. The number of benzene rings is 2. The first-order chi connectivity index (χ1) is 15.2. The van der Waals surface area contributed by atoms with E-state index < -0.39 is 0 Å². The van der Waals surface area contributed by atoms with E-state index >= 15 is 0 Å². The third kappa shape index (κ3) is 4.50. The zero-order valence-electron chi connectivity index (χ0n) is 17.9. The van der Waals surface area contributed by atoms with E-state index in [2.05, 4.69) is 28.0 Å². The number of carbonyl (C=O) groups is 2. The average Bonchev–Trinajstić information content (AvgIpc) is 3.43. The topological polar surface area (TPSA) is 53.1 Å². The van der Waals surface area contributed by atoms with Gasteiger partial charge in [0, 0.05) is 63.4 Å². The molecule has 162 valence electrons. The number of anilines is 1. The lowest BCUT2D eigenvalue weighted by Gasteiger charge is -2.34. The first-order valence-corrected chi connectivity index (χ1v) is 11.3. The van der Waals surface area contributed by atoms with Crippen molar-refractivity contribution in [1.82, 2.24) is 9.80 Å². The second-order valence-electron chi connectivity index (χ2n) is 8.71. The molecule has 0 atom stereocenters. The normalized spacial score (nSPS) is 19.5. The number of rotatable bonds is 6. The molecule has 0 radical (unpaired) electrons. The van der Waals surface area contributed by atoms with Crippen molar-refractivity contribution < 1.29 is 14.3 Å². The number of hydrogen-bond acceptors (Lipinski definition) is 5. The minimum atomic E-state index is 0.145. The fourth-order valence-corrected chi connectivity index (χ4v) is 4.74. The predicted octanol–water partition coefficient (Wildman–Crippen LogP) is 2.75. The van der Waals surface area contributed by atoms with Gasteiger partial charge in [0.1, 0.15) is 5.75 Å². The molecule has 0 aliphatic carbocycles. The van der Waals surface area contributed by atoms with Gasteiger partial charge in [-0.2, -0.15) is 0 Å². The molecule has 3 aliphatic heterocycles. The van der Waals surface area contributed by atoms with Crippen molar-refractivity contribution in [1.29, 1.82) is 0 Å². The molecule has 2 aromatic rings. The Balaban J connectivity index is 1.11. The second kappa shape index (κ2) is 8.81. The highest BCUT2D eigenvalue weighted by Crippen LogP contribution is 2.26. The number of fused-ring (bicyclic) bond motifs is 1. The molecule has 0 saturated carbocycles. The van der Waals surface area contributed by atoms with Gasteiger partial charge < -0.3 is 9.64 Å². The fourth-order valence-electron chi connectivity index (χ4n) is 4.74. The minimum Gasteiger partial charge on any atom is -0.493 e. The van der Waals surface area contributed by atoms with E-state index in [0.717, 1.165) is 75.7 Å². The van der Waals surface area contributed by atoms with Crippen LogP contribution in [-0.2, 0) is 17.8 Å². The summed E-state index contributed by atoms with van der Waals surface area (Å²) in [7, 11) is 0. The third-order valence-corrected chi connectivity index (χ3v) is 6.57. The zero-order chi connectivity index (χ0) is 21.2.